The van der Waals surface area contributed by atoms with Crippen LogP contribution in [-0.4, -0.2) is 19.9 Å². The first-order valence-corrected chi connectivity index (χ1v) is 13.3. The van der Waals surface area contributed by atoms with Gasteiger partial charge >= 0.3 is 0 Å². The number of aromatic amines is 2. The molecule has 7 rings (SSSR count). The van der Waals surface area contributed by atoms with E-state index in [2.05, 4.69) is 131 Å². The zero-order valence-corrected chi connectivity index (χ0v) is 21.8. The molecule has 0 saturated heterocycles. The Kier molecular flexibility index (Phi) is 6.11. The lowest BCUT2D eigenvalue weighted by Gasteiger charge is -2.07. The summed E-state index contributed by atoms with van der Waals surface area (Å²) in [6, 6.07) is 45.9. The Hall–Kier alpha value is -5.48. The van der Waals surface area contributed by atoms with Gasteiger partial charge in [-0.05, 0) is 28.3 Å². The maximum absolute atomic E-state index is 4.99. The molecule has 0 spiro atoms. The number of nitrogens with one attached hydrogen (secondary N) is 2. The number of aromatic nitrogens is 4. The van der Waals surface area contributed by atoms with Crippen LogP contribution in [0.3, 0.4) is 0 Å². The molecule has 190 valence electrons. The maximum atomic E-state index is 4.99. The molecule has 0 aliphatic rings. The minimum atomic E-state index is 0.847. The fourth-order valence-electron chi connectivity index (χ4n) is 5.17. The van der Waals surface area contributed by atoms with E-state index in [0.29, 0.717) is 0 Å². The number of imidazole rings is 2. The summed E-state index contributed by atoms with van der Waals surface area (Å²) in [5.74, 6) is 1.69. The van der Waals surface area contributed by atoms with E-state index in [1.165, 1.54) is 11.1 Å². The maximum Gasteiger partial charge on any atom is 0.138 e. The van der Waals surface area contributed by atoms with Gasteiger partial charge in [0.15, 0.2) is 0 Å². The van der Waals surface area contributed by atoms with Crippen LogP contribution in [0.4, 0.5) is 0 Å². The van der Waals surface area contributed by atoms with Crippen LogP contribution in [0, 0.1) is 0 Å². The summed E-state index contributed by atoms with van der Waals surface area (Å²) < 4.78 is 0. The quantitative estimate of drug-likeness (QED) is 0.232. The Morgan fingerprint density at radius 2 is 0.725 bits per heavy atom. The summed E-state index contributed by atoms with van der Waals surface area (Å²) in [6.07, 6.45) is 3.95. The van der Waals surface area contributed by atoms with Gasteiger partial charge < -0.3 is 9.97 Å². The van der Waals surface area contributed by atoms with Crippen molar-refractivity contribution in [1.29, 1.82) is 0 Å². The first kappa shape index (κ1) is 23.6. The van der Waals surface area contributed by atoms with Crippen molar-refractivity contribution in [3.8, 4) is 67.5 Å². The van der Waals surface area contributed by atoms with E-state index in [-0.39, 0.29) is 0 Å². The van der Waals surface area contributed by atoms with Gasteiger partial charge in [-0.25, -0.2) is 9.97 Å². The third-order valence-corrected chi connectivity index (χ3v) is 7.14. The molecule has 0 amide bonds. The van der Waals surface area contributed by atoms with Gasteiger partial charge in [0.05, 0.1) is 11.4 Å². The molecule has 5 aromatic carbocycles. The fraction of sp³-hybridized carbons (Fsp3) is 0. The van der Waals surface area contributed by atoms with E-state index in [9.17, 15) is 0 Å². The zero-order chi connectivity index (χ0) is 26.7. The van der Waals surface area contributed by atoms with Gasteiger partial charge in [0.1, 0.15) is 11.6 Å². The molecular formula is C36H26N4. The molecule has 0 radical (unpaired) electrons. The van der Waals surface area contributed by atoms with Gasteiger partial charge in [0, 0.05) is 34.6 Å². The summed E-state index contributed by atoms with van der Waals surface area (Å²) in [5, 5.41) is 0. The summed E-state index contributed by atoms with van der Waals surface area (Å²) in [7, 11) is 0. The molecule has 7 aromatic rings. The second-order valence-corrected chi connectivity index (χ2v) is 9.67. The summed E-state index contributed by atoms with van der Waals surface area (Å²) in [6.45, 7) is 0. The molecule has 0 atom stereocenters. The molecule has 0 bridgehead atoms. The average Bonchev–Trinajstić information content (AvgIpc) is 3.73. The lowest BCUT2D eigenvalue weighted by Crippen LogP contribution is -1.87. The van der Waals surface area contributed by atoms with Crippen LogP contribution in [0.5, 0.6) is 0 Å². The lowest BCUT2D eigenvalue weighted by atomic mass is 9.99. The zero-order valence-electron chi connectivity index (χ0n) is 21.8. The molecule has 0 unspecified atom stereocenters. The molecule has 2 aromatic heterocycles. The van der Waals surface area contributed by atoms with E-state index in [0.717, 1.165) is 56.4 Å². The van der Waals surface area contributed by atoms with Crippen molar-refractivity contribution in [2.24, 2.45) is 0 Å². The number of hydrogen-bond acceptors (Lipinski definition) is 2. The summed E-state index contributed by atoms with van der Waals surface area (Å²) in [5.41, 5.74) is 10.6. The van der Waals surface area contributed by atoms with Crippen molar-refractivity contribution >= 4 is 0 Å². The standard InChI is InChI=1S/C36H26N4/c1-3-12-25(13-4-1)29-18-7-9-20-31(29)35-37-23-33(39-35)27-16-11-17-28(22-27)34-24-38-36(40-34)32-21-10-8-19-30(32)26-14-5-2-6-15-26/h1-24H,(H,37,39)(H,38,40). The molecular weight excluding hydrogens is 488 g/mol. The Morgan fingerprint density at radius 3 is 1.18 bits per heavy atom. The number of H-pyrrole nitrogens is 2. The van der Waals surface area contributed by atoms with Crippen molar-refractivity contribution in [2.75, 3.05) is 0 Å². The molecule has 4 heteroatoms. The van der Waals surface area contributed by atoms with Gasteiger partial charge in [0.25, 0.3) is 0 Å². The Bertz CT molecular complexity index is 1760. The normalized spacial score (nSPS) is 11.0. The second-order valence-electron chi connectivity index (χ2n) is 9.67. The monoisotopic (exact) mass is 514 g/mol. The largest absolute Gasteiger partial charge is 0.344 e. The minimum absolute atomic E-state index is 0.847. The second kappa shape index (κ2) is 10.4. The third kappa shape index (κ3) is 4.52. The summed E-state index contributed by atoms with van der Waals surface area (Å²) in [4.78, 5) is 16.8. The highest BCUT2D eigenvalue weighted by Gasteiger charge is 2.14. The van der Waals surface area contributed by atoms with Gasteiger partial charge in [-0.2, -0.15) is 0 Å². The first-order chi connectivity index (χ1) is 19.8. The Labute approximate surface area is 233 Å². The molecule has 0 aliphatic carbocycles. The molecule has 2 N–H and O–H groups in total. The van der Waals surface area contributed by atoms with Crippen LogP contribution in [0.25, 0.3) is 67.5 Å². The topological polar surface area (TPSA) is 57.4 Å². The van der Waals surface area contributed by atoms with Crippen LogP contribution in [0.15, 0.2) is 146 Å². The molecule has 0 fully saturated rings. The van der Waals surface area contributed by atoms with E-state index < -0.39 is 0 Å². The van der Waals surface area contributed by atoms with Crippen LogP contribution in [0.2, 0.25) is 0 Å². The van der Waals surface area contributed by atoms with Crippen LogP contribution in [-0.2, 0) is 0 Å². The van der Waals surface area contributed by atoms with Gasteiger partial charge in [0.2, 0.25) is 0 Å². The van der Waals surface area contributed by atoms with Crippen molar-refractivity contribution < 1.29 is 0 Å². The molecule has 0 aliphatic heterocycles. The predicted molar refractivity (Wildman–Crippen MR) is 163 cm³/mol. The first-order valence-electron chi connectivity index (χ1n) is 13.3. The van der Waals surface area contributed by atoms with Gasteiger partial charge in [-0.15, -0.1) is 0 Å². The summed E-state index contributed by atoms with van der Waals surface area (Å²) >= 11 is 0. The van der Waals surface area contributed by atoms with Crippen molar-refractivity contribution in [3.63, 3.8) is 0 Å². The van der Waals surface area contributed by atoms with E-state index in [4.69, 9.17) is 9.97 Å². The smallest absolute Gasteiger partial charge is 0.138 e. The van der Waals surface area contributed by atoms with E-state index in [1.54, 1.807) is 0 Å². The highest BCUT2D eigenvalue weighted by molar-refractivity contribution is 5.83. The molecule has 40 heavy (non-hydrogen) atoms. The molecule has 0 saturated carbocycles. The number of nitrogens with zero attached hydrogens (tertiary/aromatic N) is 2. The highest BCUT2D eigenvalue weighted by Crippen LogP contribution is 2.34. The van der Waals surface area contributed by atoms with Gasteiger partial charge in [-0.1, -0.05) is 127 Å². The molecule has 4 nitrogen and oxygen atoms in total. The number of hydrogen-bond donors (Lipinski definition) is 2. The van der Waals surface area contributed by atoms with Crippen LogP contribution in [0.1, 0.15) is 0 Å². The van der Waals surface area contributed by atoms with Crippen LogP contribution >= 0.6 is 0 Å². The lowest BCUT2D eigenvalue weighted by molar-refractivity contribution is 1.31. The predicted octanol–water partition coefficient (Wildman–Crippen LogP) is 9.13. The minimum Gasteiger partial charge on any atom is -0.344 e. The van der Waals surface area contributed by atoms with Crippen molar-refractivity contribution in [3.05, 3.63) is 146 Å². The fourth-order valence-corrected chi connectivity index (χ4v) is 5.17. The van der Waals surface area contributed by atoms with E-state index in [1.807, 2.05) is 24.5 Å². The van der Waals surface area contributed by atoms with Gasteiger partial charge in [-0.3, -0.25) is 0 Å². The SMILES string of the molecule is c1ccc(-c2ccccc2-c2nc(-c3cccc(-c4c[nH]c(-c5ccccc5-c5ccccc5)n4)c3)c[nH]2)cc1. The molecule has 2 heterocycles. The average molecular weight is 515 g/mol. The highest BCUT2D eigenvalue weighted by atomic mass is 14.9. The van der Waals surface area contributed by atoms with Crippen LogP contribution < -0.4 is 0 Å². The third-order valence-electron chi connectivity index (χ3n) is 7.14. The number of benzene rings is 5. The van der Waals surface area contributed by atoms with E-state index >= 15 is 0 Å². The number of rotatable bonds is 6. The van der Waals surface area contributed by atoms with Crippen molar-refractivity contribution in [2.45, 2.75) is 0 Å². The Morgan fingerprint density at radius 1 is 0.350 bits per heavy atom. The Balaban J connectivity index is 1.20. The van der Waals surface area contributed by atoms with Crippen molar-refractivity contribution in [1.82, 2.24) is 19.9 Å².